The van der Waals surface area contributed by atoms with Gasteiger partial charge in [-0.2, -0.15) is 0 Å². The van der Waals surface area contributed by atoms with Gasteiger partial charge in [-0.1, -0.05) is 50.2 Å². The second-order valence-electron chi connectivity index (χ2n) is 8.78. The summed E-state index contributed by atoms with van der Waals surface area (Å²) >= 11 is 0. The standard InChI is InChI=1S/C26H31N3O4/c1-17(2)13-18(15-24(30)29(3)20-9-5-4-6-10-20)25(31)28-23(26(32)33)14-19-16-27-22-12-8-7-11-21(19)22/h4-12,16-18,23,27H,13-15H2,1-3H3,(H,28,31)(H,32,33)/t18?,23-/m1/s1. The van der Waals surface area contributed by atoms with Crippen molar-refractivity contribution < 1.29 is 19.5 Å². The normalized spacial score (nSPS) is 13.0. The van der Waals surface area contributed by atoms with Crippen molar-refractivity contribution in [2.75, 3.05) is 11.9 Å². The van der Waals surface area contributed by atoms with E-state index in [9.17, 15) is 19.5 Å². The van der Waals surface area contributed by atoms with Gasteiger partial charge in [-0.05, 0) is 36.1 Å². The Morgan fingerprint density at radius 2 is 1.70 bits per heavy atom. The average Bonchev–Trinajstić information content (AvgIpc) is 3.20. The second kappa shape index (κ2) is 10.8. The summed E-state index contributed by atoms with van der Waals surface area (Å²) in [7, 11) is 1.68. The number of aliphatic carboxylic acids is 1. The van der Waals surface area contributed by atoms with Crippen LogP contribution in [0.1, 0.15) is 32.3 Å². The van der Waals surface area contributed by atoms with E-state index in [0.717, 1.165) is 22.2 Å². The van der Waals surface area contributed by atoms with Gasteiger partial charge in [0, 0.05) is 48.6 Å². The zero-order valence-electron chi connectivity index (χ0n) is 19.2. The smallest absolute Gasteiger partial charge is 0.326 e. The number of hydrogen-bond donors (Lipinski definition) is 3. The minimum atomic E-state index is -1.11. The number of hydrogen-bond acceptors (Lipinski definition) is 3. The third kappa shape index (κ3) is 6.22. The van der Waals surface area contributed by atoms with Crippen LogP contribution in [0.3, 0.4) is 0 Å². The highest BCUT2D eigenvalue weighted by molar-refractivity contribution is 5.96. The lowest BCUT2D eigenvalue weighted by Crippen LogP contribution is -2.46. The lowest BCUT2D eigenvalue weighted by Gasteiger charge is -2.24. The quantitative estimate of drug-likeness (QED) is 0.435. The van der Waals surface area contributed by atoms with E-state index in [2.05, 4.69) is 10.3 Å². The van der Waals surface area contributed by atoms with E-state index in [1.54, 1.807) is 13.2 Å². The first-order valence-electron chi connectivity index (χ1n) is 11.2. The van der Waals surface area contributed by atoms with Crippen LogP contribution in [-0.2, 0) is 20.8 Å². The molecule has 7 nitrogen and oxygen atoms in total. The molecule has 1 unspecified atom stereocenters. The molecule has 2 amide bonds. The van der Waals surface area contributed by atoms with Gasteiger partial charge in [0.15, 0.2) is 0 Å². The molecule has 0 spiro atoms. The molecule has 0 aliphatic carbocycles. The molecular formula is C26H31N3O4. The Hall–Kier alpha value is -3.61. The van der Waals surface area contributed by atoms with Crippen LogP contribution in [0.2, 0.25) is 0 Å². The summed E-state index contributed by atoms with van der Waals surface area (Å²) in [5.41, 5.74) is 2.47. The van der Waals surface area contributed by atoms with Crippen molar-refractivity contribution in [1.29, 1.82) is 0 Å². The molecule has 0 aliphatic heterocycles. The molecule has 3 aromatic rings. The van der Waals surface area contributed by atoms with E-state index in [0.29, 0.717) is 6.42 Å². The molecule has 3 rings (SSSR count). The fourth-order valence-corrected chi connectivity index (χ4v) is 4.01. The molecule has 0 aliphatic rings. The predicted molar refractivity (Wildman–Crippen MR) is 129 cm³/mol. The van der Waals surface area contributed by atoms with Crippen LogP contribution >= 0.6 is 0 Å². The number of para-hydroxylation sites is 2. The number of aromatic amines is 1. The highest BCUT2D eigenvalue weighted by Crippen LogP contribution is 2.22. The van der Waals surface area contributed by atoms with Crippen molar-refractivity contribution in [3.05, 3.63) is 66.4 Å². The van der Waals surface area contributed by atoms with Gasteiger partial charge in [0.05, 0.1) is 0 Å². The number of rotatable bonds is 10. The van der Waals surface area contributed by atoms with Gasteiger partial charge in [-0.3, -0.25) is 9.59 Å². The number of benzene rings is 2. The molecule has 2 atom stereocenters. The molecule has 1 aromatic heterocycles. The van der Waals surface area contributed by atoms with Crippen LogP contribution in [-0.4, -0.2) is 41.0 Å². The maximum atomic E-state index is 13.1. The molecule has 0 radical (unpaired) electrons. The number of carboxylic acids is 1. The topological polar surface area (TPSA) is 103 Å². The van der Waals surface area contributed by atoms with E-state index < -0.39 is 23.8 Å². The van der Waals surface area contributed by atoms with Crippen molar-refractivity contribution in [2.24, 2.45) is 11.8 Å². The molecule has 0 bridgehead atoms. The molecule has 0 fully saturated rings. The number of carbonyl (C=O) groups excluding carboxylic acids is 2. The second-order valence-corrected chi connectivity index (χ2v) is 8.78. The SMILES string of the molecule is CC(C)CC(CC(=O)N(C)c1ccccc1)C(=O)N[C@H](Cc1c[nH]c2ccccc12)C(=O)O. The van der Waals surface area contributed by atoms with Crippen LogP contribution in [0.5, 0.6) is 0 Å². The summed E-state index contributed by atoms with van der Waals surface area (Å²) in [6, 6.07) is 15.8. The third-order valence-electron chi connectivity index (χ3n) is 5.78. The van der Waals surface area contributed by atoms with E-state index in [-0.39, 0.29) is 24.7 Å². The molecule has 174 valence electrons. The minimum Gasteiger partial charge on any atom is -0.480 e. The predicted octanol–water partition coefficient (Wildman–Crippen LogP) is 4.00. The molecule has 7 heteroatoms. The summed E-state index contributed by atoms with van der Waals surface area (Å²) in [4.78, 5) is 42.6. The van der Waals surface area contributed by atoms with Crippen molar-refractivity contribution in [2.45, 2.75) is 39.2 Å². The zero-order chi connectivity index (χ0) is 24.0. The Morgan fingerprint density at radius 1 is 1.03 bits per heavy atom. The largest absolute Gasteiger partial charge is 0.480 e. The number of nitrogens with one attached hydrogen (secondary N) is 2. The summed E-state index contributed by atoms with van der Waals surface area (Å²) in [6.45, 7) is 3.96. The van der Waals surface area contributed by atoms with Gasteiger partial charge in [-0.15, -0.1) is 0 Å². The first-order chi connectivity index (χ1) is 15.8. The number of carbonyl (C=O) groups is 3. The summed E-state index contributed by atoms with van der Waals surface area (Å²) in [5, 5.41) is 13.4. The van der Waals surface area contributed by atoms with Gasteiger partial charge in [-0.25, -0.2) is 4.79 Å². The number of fused-ring (bicyclic) bond motifs is 1. The van der Waals surface area contributed by atoms with Gasteiger partial charge in [0.1, 0.15) is 6.04 Å². The molecule has 0 saturated carbocycles. The average molecular weight is 450 g/mol. The van der Waals surface area contributed by atoms with Crippen LogP contribution in [0.4, 0.5) is 5.69 Å². The number of amides is 2. The van der Waals surface area contributed by atoms with Crippen molar-refractivity contribution in [3.8, 4) is 0 Å². The first kappa shape index (κ1) is 24.0. The fraction of sp³-hybridized carbons (Fsp3) is 0.346. The monoisotopic (exact) mass is 449 g/mol. The number of nitrogens with zero attached hydrogens (tertiary/aromatic N) is 1. The van der Waals surface area contributed by atoms with E-state index in [1.807, 2.05) is 68.4 Å². The Balaban J connectivity index is 1.72. The van der Waals surface area contributed by atoms with Crippen LogP contribution in [0.25, 0.3) is 10.9 Å². The van der Waals surface area contributed by atoms with Crippen LogP contribution < -0.4 is 10.2 Å². The highest BCUT2D eigenvalue weighted by Gasteiger charge is 2.29. The van der Waals surface area contributed by atoms with Gasteiger partial charge in [0.2, 0.25) is 11.8 Å². The van der Waals surface area contributed by atoms with Gasteiger partial charge in [0.25, 0.3) is 0 Å². The molecule has 33 heavy (non-hydrogen) atoms. The highest BCUT2D eigenvalue weighted by atomic mass is 16.4. The molecule has 2 aromatic carbocycles. The summed E-state index contributed by atoms with van der Waals surface area (Å²) in [5.74, 6) is -2.15. The lowest BCUT2D eigenvalue weighted by molar-refractivity contribution is -0.142. The van der Waals surface area contributed by atoms with E-state index >= 15 is 0 Å². The molecule has 3 N–H and O–H groups in total. The fourth-order valence-electron chi connectivity index (χ4n) is 4.01. The maximum absolute atomic E-state index is 13.1. The Morgan fingerprint density at radius 3 is 2.36 bits per heavy atom. The number of carboxylic acid groups (broad SMARTS) is 1. The minimum absolute atomic E-state index is 0.00876. The van der Waals surface area contributed by atoms with E-state index in [4.69, 9.17) is 0 Å². The van der Waals surface area contributed by atoms with Gasteiger partial charge >= 0.3 is 5.97 Å². The molecule has 1 heterocycles. The molecule has 0 saturated heterocycles. The zero-order valence-corrected chi connectivity index (χ0v) is 19.2. The molecular weight excluding hydrogens is 418 g/mol. The maximum Gasteiger partial charge on any atom is 0.326 e. The Bertz CT molecular complexity index is 1110. The Kier molecular flexibility index (Phi) is 7.87. The first-order valence-corrected chi connectivity index (χ1v) is 11.2. The summed E-state index contributed by atoms with van der Waals surface area (Å²) < 4.78 is 0. The van der Waals surface area contributed by atoms with Crippen LogP contribution in [0.15, 0.2) is 60.8 Å². The third-order valence-corrected chi connectivity index (χ3v) is 5.78. The number of H-pyrrole nitrogens is 1. The van der Waals surface area contributed by atoms with E-state index in [1.165, 1.54) is 4.90 Å². The van der Waals surface area contributed by atoms with Gasteiger partial charge < -0.3 is 20.3 Å². The van der Waals surface area contributed by atoms with Crippen molar-refractivity contribution >= 4 is 34.4 Å². The van der Waals surface area contributed by atoms with Crippen molar-refractivity contribution in [1.82, 2.24) is 10.3 Å². The number of aromatic nitrogens is 1. The summed E-state index contributed by atoms with van der Waals surface area (Å²) in [6.07, 6.45) is 2.42. The van der Waals surface area contributed by atoms with Crippen molar-refractivity contribution in [3.63, 3.8) is 0 Å². The van der Waals surface area contributed by atoms with Crippen LogP contribution in [0, 0.1) is 11.8 Å². The Labute approximate surface area is 193 Å². The lowest BCUT2D eigenvalue weighted by atomic mass is 9.92. The number of anilines is 1.